The van der Waals surface area contributed by atoms with E-state index in [1.807, 2.05) is 27.2 Å². The second kappa shape index (κ2) is 45.8. The number of rotatable bonds is 46. The van der Waals surface area contributed by atoms with E-state index in [1.54, 1.807) is 6.08 Å². The molecule has 370 valence electrons. The molecule has 0 saturated carbocycles. The van der Waals surface area contributed by atoms with Crippen molar-refractivity contribution in [3.8, 4) is 0 Å². The van der Waals surface area contributed by atoms with E-state index >= 15 is 0 Å². The number of likely N-dealkylation sites (N-methyl/N-ethyl adjacent to an activating group) is 1. The molecule has 0 fully saturated rings. The van der Waals surface area contributed by atoms with Crippen LogP contribution in [0, 0.1) is 0 Å². The van der Waals surface area contributed by atoms with Gasteiger partial charge in [0.1, 0.15) is 13.2 Å². The van der Waals surface area contributed by atoms with Crippen LogP contribution in [-0.4, -0.2) is 68.5 Å². The van der Waals surface area contributed by atoms with Gasteiger partial charge in [0.15, 0.2) is 0 Å². The summed E-state index contributed by atoms with van der Waals surface area (Å²) in [5.41, 5.74) is 0. The Hall–Kier alpha value is -2.32. The van der Waals surface area contributed by atoms with Crippen molar-refractivity contribution in [1.82, 2.24) is 5.32 Å². The lowest BCUT2D eigenvalue weighted by atomic mass is 10.0. The third kappa shape index (κ3) is 47.6. The Kier molecular flexibility index (Phi) is 44.2. The zero-order valence-electron chi connectivity index (χ0n) is 42.0. The van der Waals surface area contributed by atoms with Gasteiger partial charge in [0.05, 0.1) is 39.9 Å². The summed E-state index contributed by atoms with van der Waals surface area (Å²) in [6.45, 7) is 4.48. The number of aliphatic hydroxyl groups is 1. The molecule has 0 bridgehead atoms. The summed E-state index contributed by atoms with van der Waals surface area (Å²) >= 11 is 0. The van der Waals surface area contributed by atoms with Crippen molar-refractivity contribution >= 4 is 13.7 Å². The van der Waals surface area contributed by atoms with Crippen molar-refractivity contribution in [2.45, 2.75) is 219 Å². The van der Waals surface area contributed by atoms with Crippen LogP contribution in [0.1, 0.15) is 206 Å². The largest absolute Gasteiger partial charge is 0.756 e. The van der Waals surface area contributed by atoms with Gasteiger partial charge in [-0.2, -0.15) is 0 Å². The van der Waals surface area contributed by atoms with Crippen LogP contribution in [0.15, 0.2) is 85.1 Å². The van der Waals surface area contributed by atoms with Gasteiger partial charge in [-0.3, -0.25) is 9.36 Å². The van der Waals surface area contributed by atoms with Gasteiger partial charge in [0.25, 0.3) is 7.82 Å². The number of phosphoric ester groups is 1. The molecule has 9 heteroatoms. The molecule has 2 N–H and O–H groups in total. The number of nitrogens with zero attached hydrogens (tertiary/aromatic N) is 1. The quantitative estimate of drug-likeness (QED) is 0.0273. The molecule has 0 radical (unpaired) electrons. The van der Waals surface area contributed by atoms with Crippen molar-refractivity contribution in [3.63, 3.8) is 0 Å². The van der Waals surface area contributed by atoms with E-state index in [4.69, 9.17) is 9.05 Å². The lowest BCUT2D eigenvalue weighted by Crippen LogP contribution is -2.45. The highest BCUT2D eigenvalue weighted by Gasteiger charge is 2.23. The summed E-state index contributed by atoms with van der Waals surface area (Å²) in [7, 11) is 1.21. The van der Waals surface area contributed by atoms with Gasteiger partial charge in [-0.25, -0.2) is 0 Å². The zero-order valence-corrected chi connectivity index (χ0v) is 42.8. The number of quaternary nitrogens is 1. The maximum absolute atomic E-state index is 12.9. The fourth-order valence-corrected chi connectivity index (χ4v) is 7.72. The first kappa shape index (κ1) is 61.7. The minimum Gasteiger partial charge on any atom is -0.756 e. The third-order valence-corrected chi connectivity index (χ3v) is 12.0. The average Bonchev–Trinajstić information content (AvgIpc) is 3.25. The van der Waals surface area contributed by atoms with Crippen LogP contribution in [-0.2, 0) is 18.4 Å². The Morgan fingerprint density at radius 2 is 0.969 bits per heavy atom. The molecule has 1 amide bonds. The Bertz CT molecular complexity index is 1310. The lowest BCUT2D eigenvalue weighted by molar-refractivity contribution is -0.870. The summed E-state index contributed by atoms with van der Waals surface area (Å²) in [4.78, 5) is 25.4. The maximum Gasteiger partial charge on any atom is 0.268 e. The summed E-state index contributed by atoms with van der Waals surface area (Å²) in [6.07, 6.45) is 63.7. The highest BCUT2D eigenvalue weighted by Crippen LogP contribution is 2.38. The van der Waals surface area contributed by atoms with Crippen LogP contribution in [0.25, 0.3) is 0 Å². The van der Waals surface area contributed by atoms with E-state index in [9.17, 15) is 19.4 Å². The van der Waals surface area contributed by atoms with Crippen molar-refractivity contribution in [2.24, 2.45) is 0 Å². The van der Waals surface area contributed by atoms with Crippen molar-refractivity contribution in [3.05, 3.63) is 85.1 Å². The molecule has 0 rings (SSSR count). The van der Waals surface area contributed by atoms with Crippen molar-refractivity contribution < 1.29 is 32.9 Å². The molecule has 0 aliphatic rings. The number of unbranched alkanes of at least 4 members (excludes halogenated alkanes) is 21. The predicted molar refractivity (Wildman–Crippen MR) is 274 cm³/mol. The summed E-state index contributed by atoms with van der Waals surface area (Å²) in [5.74, 6) is -0.238. The second-order valence-electron chi connectivity index (χ2n) is 18.5. The van der Waals surface area contributed by atoms with E-state index in [2.05, 4.69) is 92.1 Å². The number of phosphoric acid groups is 1. The summed E-state index contributed by atoms with van der Waals surface area (Å²) in [6, 6.07) is -0.928. The average molecular weight is 915 g/mol. The first-order chi connectivity index (χ1) is 31.0. The first-order valence-electron chi connectivity index (χ1n) is 25.9. The predicted octanol–water partition coefficient (Wildman–Crippen LogP) is 14.7. The van der Waals surface area contributed by atoms with Crippen LogP contribution in [0.5, 0.6) is 0 Å². The van der Waals surface area contributed by atoms with Crippen LogP contribution >= 0.6 is 7.82 Å². The molecule has 8 nitrogen and oxygen atoms in total. The van der Waals surface area contributed by atoms with Crippen molar-refractivity contribution in [2.75, 3.05) is 40.9 Å². The normalized spacial score (nSPS) is 14.8. The smallest absolute Gasteiger partial charge is 0.268 e. The highest BCUT2D eigenvalue weighted by atomic mass is 31.2. The zero-order chi connectivity index (χ0) is 47.1. The molecular weight excluding hydrogens is 816 g/mol. The molecular formula is C55H99N2O6P. The molecule has 0 aromatic heterocycles. The van der Waals surface area contributed by atoms with Gasteiger partial charge < -0.3 is 28.8 Å². The van der Waals surface area contributed by atoms with Gasteiger partial charge in [0.2, 0.25) is 5.91 Å². The SMILES string of the molecule is CC/C=C\C/C=C\C/C=C\C/C=C\CCCCCCC(=O)NC(COP(=O)([O-])OCC[N+](C)(C)C)C(O)/C=C/CC/C=C/CC/C=C/CCCCCCCCCCCCCCCCC. The fraction of sp³-hybridized carbons (Fsp3) is 0.727. The number of amides is 1. The fourth-order valence-electron chi connectivity index (χ4n) is 7.00. The van der Waals surface area contributed by atoms with E-state index in [-0.39, 0.29) is 12.5 Å². The Morgan fingerprint density at radius 1 is 0.562 bits per heavy atom. The number of carbonyl (C=O) groups excluding carboxylic acids is 1. The first-order valence-corrected chi connectivity index (χ1v) is 27.4. The monoisotopic (exact) mass is 915 g/mol. The molecule has 0 aliphatic carbocycles. The number of carbonyl (C=O) groups is 1. The number of hydrogen-bond acceptors (Lipinski definition) is 6. The molecule has 0 heterocycles. The van der Waals surface area contributed by atoms with Crippen LogP contribution < -0.4 is 10.2 Å². The molecule has 0 aromatic carbocycles. The molecule has 0 aliphatic heterocycles. The van der Waals surface area contributed by atoms with Gasteiger partial charge in [-0.1, -0.05) is 202 Å². The van der Waals surface area contributed by atoms with Gasteiger partial charge in [0, 0.05) is 6.42 Å². The third-order valence-electron chi connectivity index (χ3n) is 11.1. The van der Waals surface area contributed by atoms with E-state index in [1.165, 1.54) is 103 Å². The van der Waals surface area contributed by atoms with E-state index in [0.29, 0.717) is 17.4 Å². The highest BCUT2D eigenvalue weighted by molar-refractivity contribution is 7.45. The summed E-state index contributed by atoms with van der Waals surface area (Å²) < 4.78 is 23.2. The Balaban J connectivity index is 4.41. The Morgan fingerprint density at radius 3 is 1.45 bits per heavy atom. The Labute approximate surface area is 395 Å². The minimum atomic E-state index is -4.62. The standard InChI is InChI=1S/C55H99N2O6P/c1-6-8-10-12-14-16-18-20-22-24-25-26-27-28-29-30-31-33-34-36-38-40-42-44-46-48-54(58)53(52-63-64(60,61)62-51-50-57(3,4)5)56-55(59)49-47-45-43-41-39-37-35-32-23-21-19-17-15-13-11-9-7-2/h9,11,15,17,21,23,31,33,35,37-38,40,46,48,53-54,58H,6-8,10,12-14,16,18-20,22,24-30,32,34,36,39,41-45,47,49-52H2,1-5H3,(H-,56,59,60,61)/b11-9-,17-15-,23-21-,33-31+,37-35-,40-38+,48-46+. The van der Waals surface area contributed by atoms with Crippen LogP contribution in [0.4, 0.5) is 0 Å². The second-order valence-corrected chi connectivity index (χ2v) is 19.9. The molecule has 3 unspecified atom stereocenters. The number of aliphatic hydroxyl groups excluding tert-OH is 1. The van der Waals surface area contributed by atoms with Crippen molar-refractivity contribution in [1.29, 1.82) is 0 Å². The number of nitrogens with one attached hydrogen (secondary N) is 1. The molecule has 3 atom stereocenters. The number of allylic oxidation sites excluding steroid dienone is 13. The molecule has 0 spiro atoms. The van der Waals surface area contributed by atoms with E-state index in [0.717, 1.165) is 83.5 Å². The summed E-state index contributed by atoms with van der Waals surface area (Å²) in [5, 5.41) is 13.8. The molecule has 0 saturated heterocycles. The minimum absolute atomic E-state index is 0.0184. The number of hydrogen-bond donors (Lipinski definition) is 2. The molecule has 0 aromatic rings. The maximum atomic E-state index is 12.9. The lowest BCUT2D eigenvalue weighted by Gasteiger charge is -2.29. The van der Waals surface area contributed by atoms with Gasteiger partial charge in [-0.05, 0) is 83.5 Å². The van der Waals surface area contributed by atoms with Gasteiger partial charge in [-0.15, -0.1) is 0 Å². The topological polar surface area (TPSA) is 108 Å². The van der Waals surface area contributed by atoms with Gasteiger partial charge >= 0.3 is 0 Å². The van der Waals surface area contributed by atoms with Crippen LogP contribution in [0.2, 0.25) is 0 Å². The molecule has 64 heavy (non-hydrogen) atoms. The van der Waals surface area contributed by atoms with Crippen LogP contribution in [0.3, 0.4) is 0 Å². The van der Waals surface area contributed by atoms with E-state index < -0.39 is 26.6 Å².